The Morgan fingerprint density at radius 1 is 1.21 bits per heavy atom. The quantitative estimate of drug-likeness (QED) is 0.633. The summed E-state index contributed by atoms with van der Waals surface area (Å²) in [5.41, 5.74) is 0. The van der Waals surface area contributed by atoms with Crippen LogP contribution in [0.3, 0.4) is 0 Å². The Morgan fingerprint density at radius 2 is 2.07 bits per heavy atom. The molecule has 2 rings (SSSR count). The van der Waals surface area contributed by atoms with E-state index in [4.69, 9.17) is 16.3 Å². The van der Waals surface area contributed by atoms with E-state index in [0.29, 0.717) is 6.10 Å². The van der Waals surface area contributed by atoms with Gasteiger partial charge in [0.25, 0.3) is 0 Å². The van der Waals surface area contributed by atoms with Crippen LogP contribution in [0, 0.1) is 0 Å². The number of halogens is 1. The molecule has 0 bridgehead atoms. The number of hydrogen-bond donors (Lipinski definition) is 0. The Hall–Kier alpha value is 0.210. The first-order valence-electron chi connectivity index (χ1n) is 5.82. The second kappa shape index (κ2) is 5.34. The molecule has 1 heterocycles. The van der Waals surface area contributed by atoms with Crippen LogP contribution in [-0.2, 0) is 4.74 Å². The average molecular weight is 218 g/mol. The van der Waals surface area contributed by atoms with Crippen LogP contribution >= 0.6 is 11.6 Å². The van der Waals surface area contributed by atoms with E-state index in [2.05, 4.69) is 4.90 Å². The smallest absolute Gasteiger partial charge is 0.0588 e. The van der Waals surface area contributed by atoms with E-state index in [1.807, 2.05) is 0 Å². The first-order valence-corrected chi connectivity index (χ1v) is 6.35. The predicted octanol–water partition coefficient (Wildman–Crippen LogP) is 2.26. The fourth-order valence-corrected chi connectivity index (χ4v) is 2.42. The van der Waals surface area contributed by atoms with E-state index in [-0.39, 0.29) is 0 Å². The number of rotatable bonds is 6. The van der Waals surface area contributed by atoms with Crippen molar-refractivity contribution in [2.24, 2.45) is 0 Å². The summed E-state index contributed by atoms with van der Waals surface area (Å²) in [6, 6.07) is 0.843. The lowest BCUT2D eigenvalue weighted by Crippen LogP contribution is -2.31. The summed E-state index contributed by atoms with van der Waals surface area (Å²) in [4.78, 5) is 2.54. The SMILES string of the molecule is ClCCN(CCC1CCCO1)C1CC1. The largest absolute Gasteiger partial charge is 0.378 e. The number of alkyl halides is 1. The van der Waals surface area contributed by atoms with Crippen molar-refractivity contribution in [2.45, 2.75) is 44.2 Å². The summed E-state index contributed by atoms with van der Waals surface area (Å²) in [5, 5.41) is 0. The topological polar surface area (TPSA) is 12.5 Å². The highest BCUT2D eigenvalue weighted by Gasteiger charge is 2.29. The molecule has 2 fully saturated rings. The number of ether oxygens (including phenoxy) is 1. The predicted molar refractivity (Wildman–Crippen MR) is 58.9 cm³/mol. The molecular formula is C11H20ClNO. The lowest BCUT2D eigenvalue weighted by atomic mass is 10.2. The van der Waals surface area contributed by atoms with E-state index in [9.17, 15) is 0 Å². The van der Waals surface area contributed by atoms with Crippen LogP contribution in [0.5, 0.6) is 0 Å². The van der Waals surface area contributed by atoms with Gasteiger partial charge in [-0.25, -0.2) is 0 Å². The maximum atomic E-state index is 5.79. The van der Waals surface area contributed by atoms with Gasteiger partial charge in [-0.05, 0) is 32.1 Å². The molecule has 0 amide bonds. The number of nitrogens with zero attached hydrogens (tertiary/aromatic N) is 1. The standard InChI is InChI=1S/C11H20ClNO/c12-6-8-13(10-3-4-10)7-5-11-2-1-9-14-11/h10-11H,1-9H2. The Balaban J connectivity index is 1.65. The minimum Gasteiger partial charge on any atom is -0.378 e. The molecule has 82 valence electrons. The van der Waals surface area contributed by atoms with Gasteiger partial charge in [-0.15, -0.1) is 11.6 Å². The molecule has 3 heteroatoms. The lowest BCUT2D eigenvalue weighted by molar-refractivity contribution is 0.0917. The molecule has 1 unspecified atom stereocenters. The van der Waals surface area contributed by atoms with E-state index >= 15 is 0 Å². The second-order valence-electron chi connectivity index (χ2n) is 4.38. The first-order chi connectivity index (χ1) is 6.90. The van der Waals surface area contributed by atoms with Gasteiger partial charge in [-0.1, -0.05) is 0 Å². The van der Waals surface area contributed by atoms with Gasteiger partial charge in [0, 0.05) is 31.6 Å². The molecule has 14 heavy (non-hydrogen) atoms. The molecule has 0 aromatic heterocycles. The van der Waals surface area contributed by atoms with Gasteiger partial charge in [-0.2, -0.15) is 0 Å². The van der Waals surface area contributed by atoms with Crippen molar-refractivity contribution < 1.29 is 4.74 Å². The zero-order valence-corrected chi connectivity index (χ0v) is 9.51. The highest BCUT2D eigenvalue weighted by atomic mass is 35.5. The summed E-state index contributed by atoms with van der Waals surface area (Å²) < 4.78 is 5.62. The van der Waals surface area contributed by atoms with Crippen LogP contribution in [0.15, 0.2) is 0 Å². The lowest BCUT2D eigenvalue weighted by Gasteiger charge is -2.22. The van der Waals surface area contributed by atoms with Crippen molar-refractivity contribution >= 4 is 11.6 Å². The van der Waals surface area contributed by atoms with Gasteiger partial charge in [0.05, 0.1) is 6.10 Å². The third kappa shape index (κ3) is 3.11. The molecule has 0 aromatic carbocycles. The van der Waals surface area contributed by atoms with Crippen molar-refractivity contribution in [2.75, 3.05) is 25.6 Å². The zero-order valence-electron chi connectivity index (χ0n) is 8.75. The molecule has 0 N–H and O–H groups in total. The third-order valence-electron chi connectivity index (χ3n) is 3.20. The van der Waals surface area contributed by atoms with Gasteiger partial charge in [0.1, 0.15) is 0 Å². The molecule has 1 aliphatic carbocycles. The van der Waals surface area contributed by atoms with Crippen molar-refractivity contribution in [1.82, 2.24) is 4.90 Å². The van der Waals surface area contributed by atoms with Crippen LogP contribution in [0.2, 0.25) is 0 Å². The van der Waals surface area contributed by atoms with Crippen molar-refractivity contribution in [1.29, 1.82) is 0 Å². The first kappa shape index (κ1) is 10.7. The van der Waals surface area contributed by atoms with Gasteiger partial charge in [0.15, 0.2) is 0 Å². The van der Waals surface area contributed by atoms with Crippen molar-refractivity contribution in [3.63, 3.8) is 0 Å². The second-order valence-corrected chi connectivity index (χ2v) is 4.76. The fraction of sp³-hybridized carbons (Fsp3) is 1.00. The minimum absolute atomic E-state index is 0.534. The summed E-state index contributed by atoms with van der Waals surface area (Å²) >= 11 is 5.79. The molecule has 2 nitrogen and oxygen atoms in total. The van der Waals surface area contributed by atoms with Crippen molar-refractivity contribution in [3.05, 3.63) is 0 Å². The van der Waals surface area contributed by atoms with Gasteiger partial charge in [-0.3, -0.25) is 4.90 Å². The number of hydrogen-bond acceptors (Lipinski definition) is 2. The third-order valence-corrected chi connectivity index (χ3v) is 3.37. The van der Waals surface area contributed by atoms with Crippen LogP contribution in [0.25, 0.3) is 0 Å². The Bertz CT molecular complexity index is 167. The Kier molecular flexibility index (Phi) is 4.09. The molecule has 2 aliphatic rings. The highest BCUT2D eigenvalue weighted by molar-refractivity contribution is 6.18. The maximum Gasteiger partial charge on any atom is 0.0588 e. The molecule has 1 aliphatic heterocycles. The van der Waals surface area contributed by atoms with Crippen LogP contribution < -0.4 is 0 Å². The van der Waals surface area contributed by atoms with Crippen LogP contribution in [-0.4, -0.2) is 42.6 Å². The molecular weight excluding hydrogens is 198 g/mol. The van der Waals surface area contributed by atoms with Gasteiger partial charge >= 0.3 is 0 Å². The molecule has 0 aromatic rings. The van der Waals surface area contributed by atoms with Crippen LogP contribution in [0.1, 0.15) is 32.1 Å². The van der Waals surface area contributed by atoms with E-state index in [1.54, 1.807) is 0 Å². The minimum atomic E-state index is 0.534. The summed E-state index contributed by atoms with van der Waals surface area (Å²) in [7, 11) is 0. The fourth-order valence-electron chi connectivity index (χ4n) is 2.21. The highest BCUT2D eigenvalue weighted by Crippen LogP contribution is 2.27. The monoisotopic (exact) mass is 217 g/mol. The Morgan fingerprint density at radius 3 is 2.64 bits per heavy atom. The Labute approximate surface area is 91.6 Å². The van der Waals surface area contributed by atoms with Gasteiger partial charge in [0.2, 0.25) is 0 Å². The molecule has 1 atom stereocenters. The normalized spacial score (nSPS) is 27.4. The maximum absolute atomic E-state index is 5.79. The zero-order chi connectivity index (χ0) is 9.80. The van der Waals surface area contributed by atoms with E-state index < -0.39 is 0 Å². The van der Waals surface area contributed by atoms with Crippen molar-refractivity contribution in [3.8, 4) is 0 Å². The van der Waals surface area contributed by atoms with E-state index in [0.717, 1.165) is 25.1 Å². The summed E-state index contributed by atoms with van der Waals surface area (Å²) in [6.45, 7) is 3.21. The van der Waals surface area contributed by atoms with E-state index in [1.165, 1.54) is 38.6 Å². The molecule has 1 saturated heterocycles. The molecule has 0 radical (unpaired) electrons. The van der Waals surface area contributed by atoms with Crippen LogP contribution in [0.4, 0.5) is 0 Å². The average Bonchev–Trinajstić information content (AvgIpc) is 2.90. The van der Waals surface area contributed by atoms with Gasteiger partial charge < -0.3 is 4.74 Å². The summed E-state index contributed by atoms with van der Waals surface area (Å²) in [6.07, 6.45) is 7.01. The molecule has 1 saturated carbocycles. The summed E-state index contributed by atoms with van der Waals surface area (Å²) in [5.74, 6) is 0.766. The molecule has 0 spiro atoms.